The van der Waals surface area contributed by atoms with Crippen molar-refractivity contribution < 1.29 is 14.3 Å². The number of hydrogen-bond acceptors (Lipinski definition) is 4. The molecule has 0 saturated carbocycles. The Balaban J connectivity index is 2.06. The maximum absolute atomic E-state index is 13.2. The van der Waals surface area contributed by atoms with E-state index in [0.29, 0.717) is 49.2 Å². The van der Waals surface area contributed by atoms with Gasteiger partial charge in [-0.25, -0.2) is 4.79 Å². The van der Waals surface area contributed by atoms with Gasteiger partial charge in [0.1, 0.15) is 6.61 Å². The summed E-state index contributed by atoms with van der Waals surface area (Å²) < 4.78 is 5.18. The first-order valence-electron chi connectivity index (χ1n) is 10.4. The predicted molar refractivity (Wildman–Crippen MR) is 115 cm³/mol. The van der Waals surface area contributed by atoms with Crippen LogP contribution in [0.4, 0.5) is 4.79 Å². The molecule has 1 heterocycles. The van der Waals surface area contributed by atoms with E-state index in [1.807, 2.05) is 30.3 Å². The maximum Gasteiger partial charge on any atom is 0.414 e. The van der Waals surface area contributed by atoms with Crippen molar-refractivity contribution >= 4 is 17.6 Å². The first-order chi connectivity index (χ1) is 14.6. The highest BCUT2D eigenvalue weighted by molar-refractivity contribution is 6.04. The van der Waals surface area contributed by atoms with Crippen molar-refractivity contribution in [2.24, 2.45) is 0 Å². The number of aryl methyl sites for hydroxylation is 1. The summed E-state index contributed by atoms with van der Waals surface area (Å²) in [7, 11) is 0. The summed E-state index contributed by atoms with van der Waals surface area (Å²) in [6, 6.07) is 19.1. The summed E-state index contributed by atoms with van der Waals surface area (Å²) in [6.45, 7) is 2.76. The van der Waals surface area contributed by atoms with Crippen molar-refractivity contribution in [3.8, 4) is 6.07 Å². The number of unbranched alkanes of at least 4 members (excludes halogenated alkanes) is 1. The third-order valence-corrected chi connectivity index (χ3v) is 5.20. The molecule has 0 N–H and O–H groups in total. The van der Waals surface area contributed by atoms with Crippen LogP contribution in [0, 0.1) is 11.3 Å². The van der Waals surface area contributed by atoms with Crippen LogP contribution in [0.5, 0.6) is 0 Å². The molecule has 1 fully saturated rings. The number of ketones is 1. The topological polar surface area (TPSA) is 70.4 Å². The largest absolute Gasteiger partial charge is 0.447 e. The van der Waals surface area contributed by atoms with Crippen LogP contribution in [0.1, 0.15) is 49.3 Å². The lowest BCUT2D eigenvalue weighted by atomic mass is 9.93. The van der Waals surface area contributed by atoms with Gasteiger partial charge in [-0.05, 0) is 42.5 Å². The molecule has 0 aromatic heterocycles. The highest BCUT2D eigenvalue weighted by Gasteiger charge is 2.30. The zero-order valence-corrected chi connectivity index (χ0v) is 17.3. The van der Waals surface area contributed by atoms with E-state index in [2.05, 4.69) is 13.0 Å². The first kappa shape index (κ1) is 21.3. The fraction of sp³-hybridized carbons (Fsp3) is 0.320. The summed E-state index contributed by atoms with van der Waals surface area (Å²) in [4.78, 5) is 27.2. The van der Waals surface area contributed by atoms with Crippen molar-refractivity contribution in [2.45, 2.75) is 39.0 Å². The molecule has 0 bridgehead atoms. The van der Waals surface area contributed by atoms with Gasteiger partial charge in [-0.3, -0.25) is 9.69 Å². The number of hydrogen-bond donors (Lipinski definition) is 0. The lowest BCUT2D eigenvalue weighted by Crippen LogP contribution is -2.26. The van der Waals surface area contributed by atoms with E-state index in [4.69, 9.17) is 10.00 Å². The van der Waals surface area contributed by atoms with Gasteiger partial charge in [0.05, 0.1) is 23.9 Å². The number of cyclic esters (lactones) is 1. The third kappa shape index (κ3) is 5.15. The molecule has 1 amide bonds. The number of ether oxygens (including phenoxy) is 1. The molecule has 1 aliphatic heterocycles. The van der Waals surface area contributed by atoms with E-state index in [1.165, 1.54) is 0 Å². The monoisotopic (exact) mass is 402 g/mol. The molecule has 0 spiro atoms. The Hall–Kier alpha value is -3.39. The maximum atomic E-state index is 13.2. The average Bonchev–Trinajstić information content (AvgIpc) is 3.21. The molecule has 2 aromatic carbocycles. The molecule has 1 saturated heterocycles. The molecule has 154 valence electrons. The van der Waals surface area contributed by atoms with Gasteiger partial charge in [0.15, 0.2) is 5.78 Å². The number of carbonyl (C=O) groups is 2. The van der Waals surface area contributed by atoms with Crippen LogP contribution in [-0.2, 0) is 16.0 Å². The van der Waals surface area contributed by atoms with Crippen LogP contribution >= 0.6 is 0 Å². The normalized spacial score (nSPS) is 14.1. The molecular formula is C25H26N2O3. The molecule has 5 heteroatoms. The van der Waals surface area contributed by atoms with Gasteiger partial charge in [0.2, 0.25) is 0 Å². The zero-order valence-electron chi connectivity index (χ0n) is 17.3. The number of benzene rings is 2. The number of rotatable bonds is 9. The Bertz CT molecular complexity index is 956. The molecule has 0 atom stereocenters. The summed E-state index contributed by atoms with van der Waals surface area (Å²) in [5.74, 6) is 0.0619. The van der Waals surface area contributed by atoms with E-state index in [0.717, 1.165) is 24.0 Å². The minimum Gasteiger partial charge on any atom is -0.447 e. The van der Waals surface area contributed by atoms with Gasteiger partial charge in [-0.2, -0.15) is 5.26 Å². The Morgan fingerprint density at radius 3 is 2.43 bits per heavy atom. The number of nitriles is 1. The molecule has 2 aromatic rings. The van der Waals surface area contributed by atoms with Crippen LogP contribution in [0.15, 0.2) is 60.2 Å². The Kier molecular flexibility index (Phi) is 7.40. The lowest BCUT2D eigenvalue weighted by Gasteiger charge is -2.22. The SMILES string of the molecule is CCCCC(=O)/C(CCc1ccccc1)=C(\c1ccc(C#N)cc1)N1CCOC1=O. The van der Waals surface area contributed by atoms with Crippen molar-refractivity contribution in [1.82, 2.24) is 4.90 Å². The minimum absolute atomic E-state index is 0.0619. The molecule has 30 heavy (non-hydrogen) atoms. The summed E-state index contributed by atoms with van der Waals surface area (Å²) in [5, 5.41) is 9.12. The van der Waals surface area contributed by atoms with Gasteiger partial charge < -0.3 is 4.74 Å². The van der Waals surface area contributed by atoms with Crippen molar-refractivity contribution in [3.63, 3.8) is 0 Å². The standard InChI is InChI=1S/C25H26N2O3/c1-2-3-9-23(28)22(15-12-19-7-5-4-6-8-19)24(27-16-17-30-25(27)29)21-13-10-20(18-26)11-14-21/h4-8,10-11,13-14H,2-3,9,12,15-17H2,1H3/b24-22+. The van der Waals surface area contributed by atoms with E-state index in [-0.39, 0.29) is 5.78 Å². The molecule has 1 aliphatic rings. The second-order valence-corrected chi connectivity index (χ2v) is 7.29. The number of Topliss-reactive ketones (excluding diaryl/α,β-unsaturated/α-hetero) is 1. The van der Waals surface area contributed by atoms with E-state index >= 15 is 0 Å². The highest BCUT2D eigenvalue weighted by atomic mass is 16.6. The summed E-state index contributed by atoms with van der Waals surface area (Å²) in [5.41, 5.74) is 3.68. The zero-order chi connectivity index (χ0) is 21.3. The molecule has 0 aliphatic carbocycles. The fourth-order valence-electron chi connectivity index (χ4n) is 3.58. The predicted octanol–water partition coefficient (Wildman–Crippen LogP) is 5.11. The molecular weight excluding hydrogens is 376 g/mol. The summed E-state index contributed by atoms with van der Waals surface area (Å²) >= 11 is 0. The van der Waals surface area contributed by atoms with Gasteiger partial charge in [0.25, 0.3) is 0 Å². The Morgan fingerprint density at radius 1 is 1.10 bits per heavy atom. The van der Waals surface area contributed by atoms with Crippen LogP contribution in [0.2, 0.25) is 0 Å². The molecule has 5 nitrogen and oxygen atoms in total. The minimum atomic E-state index is -0.435. The number of allylic oxidation sites excluding steroid dienone is 1. The van der Waals surface area contributed by atoms with Gasteiger partial charge in [-0.1, -0.05) is 55.8 Å². The van der Waals surface area contributed by atoms with Crippen LogP contribution < -0.4 is 0 Å². The van der Waals surface area contributed by atoms with Gasteiger partial charge in [0, 0.05) is 12.0 Å². The quantitative estimate of drug-likeness (QED) is 0.546. The van der Waals surface area contributed by atoms with Gasteiger partial charge >= 0.3 is 6.09 Å². The molecule has 0 unspecified atom stereocenters. The molecule has 3 rings (SSSR count). The van der Waals surface area contributed by atoms with Crippen LogP contribution in [-0.4, -0.2) is 29.9 Å². The van der Waals surface area contributed by atoms with Crippen LogP contribution in [0.25, 0.3) is 5.70 Å². The Morgan fingerprint density at radius 2 is 1.83 bits per heavy atom. The van der Waals surface area contributed by atoms with E-state index in [1.54, 1.807) is 29.2 Å². The van der Waals surface area contributed by atoms with Crippen molar-refractivity contribution in [3.05, 3.63) is 76.9 Å². The van der Waals surface area contributed by atoms with Gasteiger partial charge in [-0.15, -0.1) is 0 Å². The van der Waals surface area contributed by atoms with Crippen molar-refractivity contribution in [2.75, 3.05) is 13.2 Å². The second-order valence-electron chi connectivity index (χ2n) is 7.29. The third-order valence-electron chi connectivity index (χ3n) is 5.20. The second kappa shape index (κ2) is 10.4. The highest BCUT2D eigenvalue weighted by Crippen LogP contribution is 2.30. The number of nitrogens with zero attached hydrogens (tertiary/aromatic N) is 2. The average molecular weight is 402 g/mol. The number of carbonyl (C=O) groups excluding carboxylic acids is 2. The number of amides is 1. The Labute approximate surface area is 177 Å². The first-order valence-corrected chi connectivity index (χ1v) is 10.4. The van der Waals surface area contributed by atoms with E-state index in [9.17, 15) is 9.59 Å². The molecule has 0 radical (unpaired) electrons. The smallest absolute Gasteiger partial charge is 0.414 e. The summed E-state index contributed by atoms with van der Waals surface area (Å²) in [6.07, 6.45) is 2.98. The van der Waals surface area contributed by atoms with Crippen LogP contribution in [0.3, 0.4) is 0 Å². The fourth-order valence-corrected chi connectivity index (χ4v) is 3.58. The van der Waals surface area contributed by atoms with E-state index < -0.39 is 6.09 Å². The van der Waals surface area contributed by atoms with Crippen molar-refractivity contribution in [1.29, 1.82) is 5.26 Å². The lowest BCUT2D eigenvalue weighted by molar-refractivity contribution is -0.115.